The van der Waals surface area contributed by atoms with Gasteiger partial charge in [0, 0.05) is 17.2 Å². The van der Waals surface area contributed by atoms with Gasteiger partial charge in [0.25, 0.3) is 0 Å². The van der Waals surface area contributed by atoms with Gasteiger partial charge in [0.15, 0.2) is 5.84 Å². The Morgan fingerprint density at radius 2 is 2.37 bits per heavy atom. The Bertz CT molecular complexity index is 513. The quantitative estimate of drug-likeness (QED) is 0.338. The molecule has 0 radical (unpaired) electrons. The van der Waals surface area contributed by atoms with Crippen molar-refractivity contribution in [2.45, 2.75) is 6.42 Å². The monoisotopic (exact) mass is 283 g/mol. The fraction of sp³-hybridized carbons (Fsp3) is 0.333. The molecule has 0 saturated carbocycles. The van der Waals surface area contributed by atoms with Crippen LogP contribution in [0.3, 0.4) is 0 Å². The van der Waals surface area contributed by atoms with E-state index < -0.39 is 0 Å². The third-order valence-electron chi connectivity index (χ3n) is 2.92. The number of amides is 1. The van der Waals surface area contributed by atoms with E-state index in [1.165, 1.54) is 0 Å². The van der Waals surface area contributed by atoms with Crippen molar-refractivity contribution in [3.05, 3.63) is 28.8 Å². The summed E-state index contributed by atoms with van der Waals surface area (Å²) in [5, 5.41) is 14.8. The lowest BCUT2D eigenvalue weighted by atomic mass is 10.1. The number of hydrogen-bond donors (Lipinski definition) is 3. The van der Waals surface area contributed by atoms with Crippen LogP contribution in [0.1, 0.15) is 12.0 Å². The van der Waals surface area contributed by atoms with Gasteiger partial charge < -0.3 is 21.0 Å². The number of halogens is 1. The highest BCUT2D eigenvalue weighted by Gasteiger charge is 2.24. The number of anilines is 1. The Morgan fingerprint density at radius 1 is 1.58 bits per heavy atom. The Balaban J connectivity index is 2.22. The van der Waals surface area contributed by atoms with E-state index in [-0.39, 0.29) is 17.7 Å². The first-order chi connectivity index (χ1) is 9.11. The summed E-state index contributed by atoms with van der Waals surface area (Å²) in [5.41, 5.74) is 6.39. The third kappa shape index (κ3) is 3.15. The van der Waals surface area contributed by atoms with Crippen molar-refractivity contribution in [1.29, 1.82) is 0 Å². The molecule has 1 heterocycles. The van der Waals surface area contributed by atoms with Gasteiger partial charge in [-0.05, 0) is 24.6 Å². The van der Waals surface area contributed by atoms with Gasteiger partial charge in [-0.15, -0.1) is 0 Å². The minimum atomic E-state index is -0.181. The molecular weight excluding hydrogens is 270 g/mol. The van der Waals surface area contributed by atoms with Crippen LogP contribution in [0.2, 0.25) is 5.02 Å². The van der Waals surface area contributed by atoms with Crippen molar-refractivity contribution in [2.75, 3.05) is 18.5 Å². The second kappa shape index (κ2) is 5.90. The molecule has 102 valence electrons. The van der Waals surface area contributed by atoms with Gasteiger partial charge in [0.05, 0.1) is 18.2 Å². The fourth-order valence-corrected chi connectivity index (χ4v) is 2.05. The lowest BCUT2D eigenvalue weighted by Gasteiger charge is -2.13. The van der Waals surface area contributed by atoms with E-state index in [0.717, 1.165) is 0 Å². The molecule has 1 saturated heterocycles. The molecule has 0 aliphatic carbocycles. The van der Waals surface area contributed by atoms with Gasteiger partial charge in [-0.1, -0.05) is 16.8 Å². The van der Waals surface area contributed by atoms with Crippen LogP contribution >= 0.6 is 11.6 Å². The zero-order valence-electron chi connectivity index (χ0n) is 10.1. The van der Waals surface area contributed by atoms with Gasteiger partial charge in [-0.25, -0.2) is 0 Å². The summed E-state index contributed by atoms with van der Waals surface area (Å²) in [4.78, 5) is 12.0. The smallest absolute Gasteiger partial charge is 0.229 e. The van der Waals surface area contributed by atoms with Crippen LogP contribution in [0.15, 0.2) is 23.4 Å². The van der Waals surface area contributed by atoms with E-state index in [4.69, 9.17) is 27.3 Å². The molecule has 1 aliphatic rings. The number of carbonyl (C=O) groups excluding carboxylic acids is 1. The lowest BCUT2D eigenvalue weighted by molar-refractivity contribution is -0.119. The maximum absolute atomic E-state index is 12.0. The second-order valence-electron chi connectivity index (χ2n) is 4.22. The van der Waals surface area contributed by atoms with Crippen LogP contribution in [0.4, 0.5) is 5.69 Å². The molecule has 1 unspecified atom stereocenters. The van der Waals surface area contributed by atoms with Crippen LogP contribution < -0.4 is 11.1 Å². The first-order valence-corrected chi connectivity index (χ1v) is 6.15. The summed E-state index contributed by atoms with van der Waals surface area (Å²) in [5.74, 6) is -0.430. The Morgan fingerprint density at radius 3 is 3.00 bits per heavy atom. The molecule has 1 amide bonds. The highest BCUT2D eigenvalue weighted by atomic mass is 35.5. The van der Waals surface area contributed by atoms with E-state index in [1.54, 1.807) is 18.2 Å². The first-order valence-electron chi connectivity index (χ1n) is 5.78. The number of hydrogen-bond acceptors (Lipinski definition) is 4. The van der Waals surface area contributed by atoms with E-state index >= 15 is 0 Å². The third-order valence-corrected chi connectivity index (χ3v) is 3.16. The molecule has 19 heavy (non-hydrogen) atoms. The summed E-state index contributed by atoms with van der Waals surface area (Å²) >= 11 is 5.89. The van der Waals surface area contributed by atoms with Gasteiger partial charge in [-0.2, -0.15) is 0 Å². The average Bonchev–Trinajstić information content (AvgIpc) is 2.92. The number of amidine groups is 1. The van der Waals surface area contributed by atoms with Gasteiger partial charge >= 0.3 is 0 Å². The minimum Gasteiger partial charge on any atom is -0.409 e. The molecule has 2 rings (SSSR count). The lowest BCUT2D eigenvalue weighted by Crippen LogP contribution is -2.25. The number of rotatable bonds is 3. The number of nitrogens with zero attached hydrogens (tertiary/aromatic N) is 1. The maximum Gasteiger partial charge on any atom is 0.229 e. The summed E-state index contributed by atoms with van der Waals surface area (Å²) < 4.78 is 5.16. The normalized spacial score (nSPS) is 19.4. The predicted octanol–water partition coefficient (Wildman–Crippen LogP) is 1.41. The van der Waals surface area contributed by atoms with Crippen LogP contribution in [-0.4, -0.2) is 30.2 Å². The van der Waals surface area contributed by atoms with E-state index in [0.29, 0.717) is 35.9 Å². The SMILES string of the molecule is NC(=NO)c1ccc(Cl)cc1NC(=O)C1CCOC1. The topological polar surface area (TPSA) is 96.9 Å². The number of ether oxygens (including phenoxy) is 1. The summed E-state index contributed by atoms with van der Waals surface area (Å²) in [6.45, 7) is 0.992. The minimum absolute atomic E-state index is 0.0883. The molecular formula is C12H14ClN3O3. The van der Waals surface area contributed by atoms with Gasteiger partial charge in [-0.3, -0.25) is 4.79 Å². The molecule has 1 aromatic carbocycles. The van der Waals surface area contributed by atoms with E-state index in [9.17, 15) is 4.79 Å². The van der Waals surface area contributed by atoms with Crippen molar-refractivity contribution < 1.29 is 14.7 Å². The van der Waals surface area contributed by atoms with Gasteiger partial charge in [0.1, 0.15) is 0 Å². The Hall–Kier alpha value is -1.79. The van der Waals surface area contributed by atoms with E-state index in [1.807, 2.05) is 0 Å². The largest absolute Gasteiger partial charge is 0.409 e. The molecule has 4 N–H and O–H groups in total. The highest BCUT2D eigenvalue weighted by molar-refractivity contribution is 6.31. The van der Waals surface area contributed by atoms with Crippen molar-refractivity contribution in [1.82, 2.24) is 0 Å². The first kappa shape index (κ1) is 13.6. The molecule has 1 fully saturated rings. The van der Waals surface area contributed by atoms with Crippen molar-refractivity contribution in [2.24, 2.45) is 16.8 Å². The predicted molar refractivity (Wildman–Crippen MR) is 71.5 cm³/mol. The van der Waals surface area contributed by atoms with Crippen LogP contribution in [0.5, 0.6) is 0 Å². The summed E-state index contributed by atoms with van der Waals surface area (Å²) in [6, 6.07) is 4.74. The highest BCUT2D eigenvalue weighted by Crippen LogP contribution is 2.23. The van der Waals surface area contributed by atoms with E-state index in [2.05, 4.69) is 10.5 Å². The fourth-order valence-electron chi connectivity index (χ4n) is 1.87. The summed E-state index contributed by atoms with van der Waals surface area (Å²) in [6.07, 6.45) is 0.686. The number of benzene rings is 1. The molecule has 0 bridgehead atoms. The van der Waals surface area contributed by atoms with Gasteiger partial charge in [0.2, 0.25) is 5.91 Å². The molecule has 1 atom stereocenters. The number of nitrogens with two attached hydrogens (primary N) is 1. The van der Waals surface area contributed by atoms with Crippen molar-refractivity contribution >= 4 is 29.0 Å². The zero-order valence-corrected chi connectivity index (χ0v) is 10.9. The second-order valence-corrected chi connectivity index (χ2v) is 4.66. The van der Waals surface area contributed by atoms with Crippen LogP contribution in [0, 0.1) is 5.92 Å². The maximum atomic E-state index is 12.0. The standard InChI is InChI=1S/C12H14ClN3O3/c13-8-1-2-9(11(14)16-18)10(5-8)15-12(17)7-3-4-19-6-7/h1-2,5,7,18H,3-4,6H2,(H2,14,16)(H,15,17). The zero-order chi connectivity index (χ0) is 13.8. The summed E-state index contributed by atoms with van der Waals surface area (Å²) in [7, 11) is 0. The molecule has 7 heteroatoms. The molecule has 0 aromatic heterocycles. The van der Waals surface area contributed by atoms with Crippen LogP contribution in [0.25, 0.3) is 0 Å². The number of carbonyl (C=O) groups is 1. The molecule has 0 spiro atoms. The Kier molecular flexibility index (Phi) is 4.24. The van der Waals surface area contributed by atoms with Crippen molar-refractivity contribution in [3.8, 4) is 0 Å². The van der Waals surface area contributed by atoms with Crippen LogP contribution in [-0.2, 0) is 9.53 Å². The molecule has 6 nitrogen and oxygen atoms in total. The molecule has 1 aromatic rings. The van der Waals surface area contributed by atoms with Crippen molar-refractivity contribution in [3.63, 3.8) is 0 Å². The number of oxime groups is 1. The number of nitrogens with one attached hydrogen (secondary N) is 1. The average molecular weight is 284 g/mol. The molecule has 1 aliphatic heterocycles. The Labute approximate surface area is 115 Å².